The number of rotatable bonds is 11. The molecule has 10 nitrogen and oxygen atoms in total. The van der Waals surface area contributed by atoms with E-state index in [-0.39, 0.29) is 28.7 Å². The van der Waals surface area contributed by atoms with Crippen LogP contribution in [0.2, 0.25) is 0 Å². The molecule has 0 heterocycles. The fourth-order valence-corrected chi connectivity index (χ4v) is 4.53. The SMILES string of the molecule is CCOc1ccc(C(Nc2ccc(C(=N)N)c(O)c2)C(=O)NS(=O)(=O)c2ccccc2)cc1COC. The van der Waals surface area contributed by atoms with Crippen molar-refractivity contribution in [2.45, 2.75) is 24.5 Å². The molecule has 1 amide bonds. The largest absolute Gasteiger partial charge is 0.507 e. The molecule has 0 radical (unpaired) electrons. The lowest BCUT2D eigenvalue weighted by molar-refractivity contribution is -0.120. The molecular formula is C25H28N4O6S. The maximum atomic E-state index is 13.3. The topological polar surface area (TPSA) is 164 Å². The summed E-state index contributed by atoms with van der Waals surface area (Å²) in [5.74, 6) is -0.863. The molecule has 0 saturated heterocycles. The zero-order valence-electron chi connectivity index (χ0n) is 19.8. The summed E-state index contributed by atoms with van der Waals surface area (Å²) in [6.45, 7) is 2.47. The van der Waals surface area contributed by atoms with Gasteiger partial charge in [-0.15, -0.1) is 0 Å². The van der Waals surface area contributed by atoms with Gasteiger partial charge in [0.2, 0.25) is 0 Å². The van der Waals surface area contributed by atoms with Crippen molar-refractivity contribution in [3.63, 3.8) is 0 Å². The number of benzene rings is 3. The summed E-state index contributed by atoms with van der Waals surface area (Å²) in [6, 6.07) is 15.6. The number of hydrogen-bond acceptors (Lipinski definition) is 8. The van der Waals surface area contributed by atoms with Gasteiger partial charge >= 0.3 is 0 Å². The van der Waals surface area contributed by atoms with Crippen LogP contribution in [-0.2, 0) is 26.2 Å². The quantitative estimate of drug-likeness (QED) is 0.193. The normalized spacial score (nSPS) is 11.9. The highest BCUT2D eigenvalue weighted by atomic mass is 32.2. The molecule has 1 unspecified atom stereocenters. The number of sulfonamides is 1. The summed E-state index contributed by atoms with van der Waals surface area (Å²) >= 11 is 0. The third-order valence-corrected chi connectivity index (χ3v) is 6.53. The highest BCUT2D eigenvalue weighted by Gasteiger charge is 2.27. The molecule has 0 fully saturated rings. The number of hydrogen-bond donors (Lipinski definition) is 5. The highest BCUT2D eigenvalue weighted by molar-refractivity contribution is 7.90. The third-order valence-electron chi connectivity index (χ3n) is 5.17. The number of methoxy groups -OCH3 is 1. The van der Waals surface area contributed by atoms with Gasteiger partial charge in [0.05, 0.1) is 23.7 Å². The zero-order valence-corrected chi connectivity index (χ0v) is 20.6. The van der Waals surface area contributed by atoms with Gasteiger partial charge in [-0.05, 0) is 48.9 Å². The van der Waals surface area contributed by atoms with E-state index in [0.717, 1.165) is 0 Å². The van der Waals surface area contributed by atoms with Gasteiger partial charge in [0.25, 0.3) is 15.9 Å². The number of amidine groups is 1. The Morgan fingerprint density at radius 1 is 1.11 bits per heavy atom. The van der Waals surface area contributed by atoms with Crippen molar-refractivity contribution in [3.8, 4) is 11.5 Å². The first-order chi connectivity index (χ1) is 17.2. The Morgan fingerprint density at radius 2 is 1.83 bits per heavy atom. The Balaban J connectivity index is 2.02. The van der Waals surface area contributed by atoms with E-state index in [2.05, 4.69) is 10.0 Å². The summed E-state index contributed by atoms with van der Waals surface area (Å²) in [4.78, 5) is 13.3. The van der Waals surface area contributed by atoms with Crippen LogP contribution in [0.5, 0.6) is 11.5 Å². The second-order valence-electron chi connectivity index (χ2n) is 7.74. The first kappa shape index (κ1) is 26.5. The van der Waals surface area contributed by atoms with Crippen LogP contribution in [0, 0.1) is 5.41 Å². The number of amides is 1. The second-order valence-corrected chi connectivity index (χ2v) is 9.42. The van der Waals surface area contributed by atoms with E-state index in [1.165, 1.54) is 37.4 Å². The maximum absolute atomic E-state index is 13.3. The number of phenols is 1. The van der Waals surface area contributed by atoms with Crippen molar-refractivity contribution in [1.82, 2.24) is 4.72 Å². The molecule has 0 aliphatic carbocycles. The molecule has 1 atom stereocenters. The summed E-state index contributed by atoms with van der Waals surface area (Å²) in [5, 5.41) is 20.7. The average Bonchev–Trinajstić information content (AvgIpc) is 2.84. The fourth-order valence-electron chi connectivity index (χ4n) is 3.51. The second kappa shape index (κ2) is 11.6. The number of phenolic OH excluding ortho intramolecular Hbond substituents is 1. The van der Waals surface area contributed by atoms with Crippen LogP contribution in [0.15, 0.2) is 71.6 Å². The van der Waals surface area contributed by atoms with Crippen molar-refractivity contribution in [2.75, 3.05) is 19.0 Å². The summed E-state index contributed by atoms with van der Waals surface area (Å²) in [6.07, 6.45) is 0. The van der Waals surface area contributed by atoms with Gasteiger partial charge in [0.15, 0.2) is 0 Å². The van der Waals surface area contributed by atoms with E-state index in [0.29, 0.717) is 29.2 Å². The van der Waals surface area contributed by atoms with Crippen molar-refractivity contribution in [2.24, 2.45) is 5.73 Å². The number of aromatic hydroxyl groups is 1. The lowest BCUT2D eigenvalue weighted by Crippen LogP contribution is -2.37. The minimum absolute atomic E-state index is 0.0627. The number of ether oxygens (including phenoxy) is 2. The van der Waals surface area contributed by atoms with Crippen molar-refractivity contribution in [1.29, 1.82) is 5.41 Å². The van der Waals surface area contributed by atoms with Gasteiger partial charge in [-0.2, -0.15) is 0 Å². The van der Waals surface area contributed by atoms with Crippen LogP contribution in [0.1, 0.15) is 29.7 Å². The number of nitrogens with two attached hydrogens (primary N) is 1. The summed E-state index contributed by atoms with van der Waals surface area (Å²) < 4.78 is 38.7. The van der Waals surface area contributed by atoms with Crippen molar-refractivity contribution < 1.29 is 27.8 Å². The van der Waals surface area contributed by atoms with Crippen LogP contribution in [0.25, 0.3) is 0 Å². The molecule has 11 heteroatoms. The van der Waals surface area contributed by atoms with E-state index < -0.39 is 22.0 Å². The fraction of sp³-hybridized carbons (Fsp3) is 0.200. The van der Waals surface area contributed by atoms with Gasteiger partial charge in [0.1, 0.15) is 23.4 Å². The molecule has 6 N–H and O–H groups in total. The van der Waals surface area contributed by atoms with Crippen LogP contribution >= 0.6 is 0 Å². The molecule has 0 spiro atoms. The standard InChI is InChI=1S/C25H28N4O6S/c1-3-35-22-12-9-16(13-17(22)15-34-2)23(28-18-10-11-20(24(26)27)21(30)14-18)25(31)29-36(32,33)19-7-5-4-6-8-19/h4-14,23,28,30H,3,15H2,1-2H3,(H3,26,27)(H,29,31). The zero-order chi connectivity index (χ0) is 26.3. The van der Waals surface area contributed by atoms with E-state index in [4.69, 9.17) is 20.6 Å². The van der Waals surface area contributed by atoms with Crippen LogP contribution < -0.4 is 20.5 Å². The van der Waals surface area contributed by atoms with E-state index in [1.807, 2.05) is 6.92 Å². The van der Waals surface area contributed by atoms with E-state index >= 15 is 0 Å². The number of nitrogens with one attached hydrogen (secondary N) is 3. The summed E-state index contributed by atoms with van der Waals surface area (Å²) in [7, 11) is -2.63. The lowest BCUT2D eigenvalue weighted by Gasteiger charge is -2.22. The maximum Gasteiger partial charge on any atom is 0.264 e. The average molecular weight is 513 g/mol. The summed E-state index contributed by atoms with van der Waals surface area (Å²) in [5.41, 5.74) is 6.98. The molecule has 0 aromatic heterocycles. The lowest BCUT2D eigenvalue weighted by atomic mass is 10.0. The number of carbonyl (C=O) groups excluding carboxylic acids is 1. The van der Waals surface area contributed by atoms with E-state index in [1.54, 1.807) is 36.4 Å². The minimum Gasteiger partial charge on any atom is -0.507 e. The number of nitrogen functional groups attached to an aromatic ring is 1. The van der Waals surface area contributed by atoms with Crippen molar-refractivity contribution in [3.05, 3.63) is 83.4 Å². The molecule has 0 aliphatic heterocycles. The monoisotopic (exact) mass is 512 g/mol. The predicted molar refractivity (Wildman–Crippen MR) is 136 cm³/mol. The first-order valence-electron chi connectivity index (χ1n) is 11.0. The Labute approximate surface area is 209 Å². The molecule has 3 rings (SSSR count). The highest BCUT2D eigenvalue weighted by Crippen LogP contribution is 2.29. The Morgan fingerprint density at radius 3 is 2.44 bits per heavy atom. The Bertz CT molecular complexity index is 1350. The van der Waals surface area contributed by atoms with Crippen molar-refractivity contribution >= 4 is 27.5 Å². The molecular weight excluding hydrogens is 484 g/mol. The van der Waals surface area contributed by atoms with Crippen LogP contribution in [0.4, 0.5) is 5.69 Å². The van der Waals surface area contributed by atoms with Gasteiger partial charge in [-0.25, -0.2) is 13.1 Å². The first-order valence-corrected chi connectivity index (χ1v) is 12.4. The predicted octanol–water partition coefficient (Wildman–Crippen LogP) is 2.88. The molecule has 0 bridgehead atoms. The Hall–Kier alpha value is -4.09. The molecule has 3 aromatic carbocycles. The van der Waals surface area contributed by atoms with Gasteiger partial charge in [-0.3, -0.25) is 10.2 Å². The van der Waals surface area contributed by atoms with Gasteiger partial charge < -0.3 is 25.6 Å². The molecule has 3 aromatic rings. The molecule has 36 heavy (non-hydrogen) atoms. The van der Waals surface area contributed by atoms with Gasteiger partial charge in [-0.1, -0.05) is 24.3 Å². The van der Waals surface area contributed by atoms with E-state index in [9.17, 15) is 18.3 Å². The molecule has 190 valence electrons. The van der Waals surface area contributed by atoms with Crippen LogP contribution in [0.3, 0.4) is 0 Å². The number of anilines is 1. The minimum atomic E-state index is -4.15. The Kier molecular flexibility index (Phi) is 8.51. The van der Waals surface area contributed by atoms with Gasteiger partial charge in [0, 0.05) is 24.4 Å². The molecule has 0 aliphatic rings. The van der Waals surface area contributed by atoms with Crippen LogP contribution in [-0.4, -0.2) is 39.0 Å². The number of carbonyl (C=O) groups is 1. The molecule has 0 saturated carbocycles. The smallest absolute Gasteiger partial charge is 0.264 e. The third kappa shape index (κ3) is 6.32.